The first-order valence-corrected chi connectivity index (χ1v) is 9.87. The molecule has 0 atom stereocenters. The normalized spacial score (nSPS) is 15.1. The lowest BCUT2D eigenvalue weighted by molar-refractivity contribution is 0.0696. The number of pyridine rings is 2. The fraction of sp³-hybridized carbons (Fsp3) is 0.348. The van der Waals surface area contributed by atoms with Gasteiger partial charge in [0.25, 0.3) is 11.5 Å². The van der Waals surface area contributed by atoms with Crippen LogP contribution < -0.4 is 5.56 Å². The summed E-state index contributed by atoms with van der Waals surface area (Å²) in [6, 6.07) is 13.5. The third-order valence-electron chi connectivity index (χ3n) is 5.64. The van der Waals surface area contributed by atoms with Gasteiger partial charge in [0, 0.05) is 19.3 Å². The third-order valence-corrected chi connectivity index (χ3v) is 5.64. The summed E-state index contributed by atoms with van der Waals surface area (Å²) in [5.74, 6) is 0.640. The Morgan fingerprint density at radius 3 is 2.57 bits per heavy atom. The summed E-state index contributed by atoms with van der Waals surface area (Å²) in [4.78, 5) is 32.5. The number of nitrogens with zero attached hydrogens (tertiary/aromatic N) is 3. The maximum atomic E-state index is 13.0. The number of likely N-dealkylation sites (tertiary alicyclic amines) is 1. The van der Waals surface area contributed by atoms with E-state index in [1.54, 1.807) is 16.8 Å². The topological polar surface area (TPSA) is 55.2 Å². The quantitative estimate of drug-likeness (QED) is 0.702. The van der Waals surface area contributed by atoms with Gasteiger partial charge in [0.1, 0.15) is 0 Å². The summed E-state index contributed by atoms with van der Waals surface area (Å²) in [6.07, 6.45) is 3.82. The standard InChI is InChI=1S/C23H25N3O2/c1-16-8-11-25(12-9-16)22(27)19-14-20-21(24-17(19)2)10-13-26(23(20)28)15-18-6-4-3-5-7-18/h3-7,10,13-14,16H,8-9,11-12,15H2,1-2H3. The Morgan fingerprint density at radius 2 is 1.86 bits per heavy atom. The van der Waals surface area contributed by atoms with E-state index in [0.717, 1.165) is 31.5 Å². The average molecular weight is 375 g/mol. The van der Waals surface area contributed by atoms with Crippen molar-refractivity contribution in [2.24, 2.45) is 5.92 Å². The Morgan fingerprint density at radius 1 is 1.14 bits per heavy atom. The Hall–Kier alpha value is -2.95. The Balaban J connectivity index is 1.70. The molecule has 1 saturated heterocycles. The minimum absolute atomic E-state index is 0.0170. The first-order chi connectivity index (χ1) is 13.5. The number of aryl methyl sites for hydroxylation is 1. The van der Waals surface area contributed by atoms with Crippen molar-refractivity contribution in [2.75, 3.05) is 13.1 Å². The smallest absolute Gasteiger partial charge is 0.260 e. The van der Waals surface area contributed by atoms with E-state index in [9.17, 15) is 9.59 Å². The van der Waals surface area contributed by atoms with Gasteiger partial charge in [-0.05, 0) is 43.4 Å². The number of aromatic nitrogens is 2. The van der Waals surface area contributed by atoms with Crippen molar-refractivity contribution < 1.29 is 4.79 Å². The van der Waals surface area contributed by atoms with E-state index in [1.165, 1.54) is 0 Å². The molecule has 0 radical (unpaired) electrons. The van der Waals surface area contributed by atoms with Crippen molar-refractivity contribution in [1.82, 2.24) is 14.5 Å². The summed E-state index contributed by atoms with van der Waals surface area (Å²) < 4.78 is 1.67. The molecule has 5 nitrogen and oxygen atoms in total. The minimum atomic E-state index is -0.116. The highest BCUT2D eigenvalue weighted by Gasteiger charge is 2.23. The Bertz CT molecular complexity index is 1060. The molecule has 1 amide bonds. The van der Waals surface area contributed by atoms with Gasteiger partial charge in [0.05, 0.1) is 28.7 Å². The molecule has 0 unspecified atom stereocenters. The number of amides is 1. The van der Waals surface area contributed by atoms with Crippen LogP contribution in [0.2, 0.25) is 0 Å². The van der Waals surface area contributed by atoms with Gasteiger partial charge in [0.15, 0.2) is 0 Å². The summed E-state index contributed by atoms with van der Waals surface area (Å²) in [6.45, 7) is 6.10. The van der Waals surface area contributed by atoms with Gasteiger partial charge in [0.2, 0.25) is 0 Å². The minimum Gasteiger partial charge on any atom is -0.339 e. The Labute approximate surface area is 164 Å². The number of carbonyl (C=O) groups is 1. The second-order valence-corrected chi connectivity index (χ2v) is 7.76. The molecular weight excluding hydrogens is 350 g/mol. The molecule has 28 heavy (non-hydrogen) atoms. The maximum absolute atomic E-state index is 13.0. The van der Waals surface area contributed by atoms with Gasteiger partial charge >= 0.3 is 0 Å². The monoisotopic (exact) mass is 375 g/mol. The number of piperidine rings is 1. The van der Waals surface area contributed by atoms with Gasteiger partial charge in [-0.15, -0.1) is 0 Å². The molecule has 0 N–H and O–H groups in total. The molecule has 1 aliphatic heterocycles. The Kier molecular flexibility index (Phi) is 4.99. The number of hydrogen-bond acceptors (Lipinski definition) is 3. The van der Waals surface area contributed by atoms with E-state index in [-0.39, 0.29) is 11.5 Å². The van der Waals surface area contributed by atoms with Crippen LogP contribution in [0.1, 0.15) is 41.4 Å². The van der Waals surface area contributed by atoms with Crippen LogP contribution >= 0.6 is 0 Å². The number of fused-ring (bicyclic) bond motifs is 1. The molecule has 3 aromatic rings. The highest BCUT2D eigenvalue weighted by atomic mass is 16.2. The molecule has 1 aliphatic rings. The maximum Gasteiger partial charge on any atom is 0.260 e. The van der Waals surface area contributed by atoms with E-state index < -0.39 is 0 Å². The van der Waals surface area contributed by atoms with Crippen LogP contribution in [0.25, 0.3) is 10.9 Å². The number of hydrogen-bond donors (Lipinski definition) is 0. The van der Waals surface area contributed by atoms with Crippen LogP contribution in [0.3, 0.4) is 0 Å². The van der Waals surface area contributed by atoms with Gasteiger partial charge in [-0.2, -0.15) is 0 Å². The van der Waals surface area contributed by atoms with Crippen LogP contribution in [-0.2, 0) is 6.54 Å². The lowest BCUT2D eigenvalue weighted by atomic mass is 9.98. The number of rotatable bonds is 3. The molecule has 0 spiro atoms. The third kappa shape index (κ3) is 3.57. The van der Waals surface area contributed by atoms with Crippen LogP contribution in [0.5, 0.6) is 0 Å². The molecular formula is C23H25N3O2. The second kappa shape index (κ2) is 7.58. The molecule has 5 heteroatoms. The zero-order chi connectivity index (χ0) is 19.7. The van der Waals surface area contributed by atoms with Crippen molar-refractivity contribution in [3.63, 3.8) is 0 Å². The number of carbonyl (C=O) groups excluding carboxylic acids is 1. The highest BCUT2D eigenvalue weighted by Crippen LogP contribution is 2.21. The second-order valence-electron chi connectivity index (χ2n) is 7.76. The summed E-state index contributed by atoms with van der Waals surface area (Å²) in [5, 5.41) is 0.498. The molecule has 3 heterocycles. The molecule has 144 valence electrons. The average Bonchev–Trinajstić information content (AvgIpc) is 2.71. The predicted octanol–water partition coefficient (Wildman–Crippen LogP) is 3.63. The molecule has 1 fully saturated rings. The fourth-order valence-corrected chi connectivity index (χ4v) is 3.81. The largest absolute Gasteiger partial charge is 0.339 e. The summed E-state index contributed by atoms with van der Waals surface area (Å²) in [5.41, 5.74) is 2.79. The molecule has 4 rings (SSSR count). The van der Waals surface area contributed by atoms with E-state index in [0.29, 0.717) is 34.6 Å². The van der Waals surface area contributed by atoms with Crippen molar-refractivity contribution in [3.05, 3.63) is 75.8 Å². The molecule has 1 aromatic carbocycles. The van der Waals surface area contributed by atoms with Crippen molar-refractivity contribution >= 4 is 16.8 Å². The van der Waals surface area contributed by atoms with Crippen LogP contribution in [-0.4, -0.2) is 33.4 Å². The van der Waals surface area contributed by atoms with Crippen molar-refractivity contribution in [2.45, 2.75) is 33.2 Å². The van der Waals surface area contributed by atoms with E-state index >= 15 is 0 Å². The van der Waals surface area contributed by atoms with Crippen LogP contribution in [0.15, 0.2) is 53.5 Å². The predicted molar refractivity (Wildman–Crippen MR) is 111 cm³/mol. The van der Waals surface area contributed by atoms with E-state index in [2.05, 4.69) is 11.9 Å². The SMILES string of the molecule is Cc1nc2ccn(Cc3ccccc3)c(=O)c2cc1C(=O)N1CCC(C)CC1. The van der Waals surface area contributed by atoms with Gasteiger partial charge in [-0.1, -0.05) is 37.3 Å². The van der Waals surface area contributed by atoms with Gasteiger partial charge < -0.3 is 9.47 Å². The van der Waals surface area contributed by atoms with Crippen LogP contribution in [0, 0.1) is 12.8 Å². The van der Waals surface area contributed by atoms with Crippen LogP contribution in [0.4, 0.5) is 0 Å². The number of benzene rings is 1. The first-order valence-electron chi connectivity index (χ1n) is 9.87. The first kappa shape index (κ1) is 18.4. The fourth-order valence-electron chi connectivity index (χ4n) is 3.81. The molecule has 0 bridgehead atoms. The van der Waals surface area contributed by atoms with E-state index in [1.807, 2.05) is 48.2 Å². The summed E-state index contributed by atoms with van der Waals surface area (Å²) >= 11 is 0. The van der Waals surface area contributed by atoms with Gasteiger partial charge in [-0.3, -0.25) is 14.6 Å². The zero-order valence-corrected chi connectivity index (χ0v) is 16.4. The molecule has 0 saturated carbocycles. The van der Waals surface area contributed by atoms with Crippen molar-refractivity contribution in [1.29, 1.82) is 0 Å². The summed E-state index contributed by atoms with van der Waals surface area (Å²) in [7, 11) is 0. The molecule has 2 aromatic heterocycles. The van der Waals surface area contributed by atoms with Crippen molar-refractivity contribution in [3.8, 4) is 0 Å². The van der Waals surface area contributed by atoms with Gasteiger partial charge in [-0.25, -0.2) is 0 Å². The zero-order valence-electron chi connectivity index (χ0n) is 16.4. The lowest BCUT2D eigenvalue weighted by Gasteiger charge is -2.30. The highest BCUT2D eigenvalue weighted by molar-refractivity contribution is 5.98. The lowest BCUT2D eigenvalue weighted by Crippen LogP contribution is -2.38. The molecule has 0 aliphatic carbocycles. The van der Waals surface area contributed by atoms with E-state index in [4.69, 9.17) is 0 Å².